The van der Waals surface area contributed by atoms with Crippen LogP contribution in [0.2, 0.25) is 0 Å². The van der Waals surface area contributed by atoms with E-state index >= 15 is 0 Å². The highest BCUT2D eigenvalue weighted by atomic mass is 32.2. The van der Waals surface area contributed by atoms with E-state index in [0.717, 1.165) is 54.0 Å². The maximum absolute atomic E-state index is 13.3. The van der Waals surface area contributed by atoms with Gasteiger partial charge in [-0.2, -0.15) is 18.4 Å². The highest BCUT2D eigenvalue weighted by molar-refractivity contribution is 7.99. The van der Waals surface area contributed by atoms with E-state index in [-0.39, 0.29) is 16.6 Å². The summed E-state index contributed by atoms with van der Waals surface area (Å²) in [6.07, 6.45) is -0.863. The largest absolute Gasteiger partial charge is 0.433 e. The Kier molecular flexibility index (Phi) is 6.48. The summed E-state index contributed by atoms with van der Waals surface area (Å²) in [6, 6.07) is 11.6. The first kappa shape index (κ1) is 22.3. The number of rotatable bonds is 5. The van der Waals surface area contributed by atoms with Crippen LogP contribution in [0.4, 0.5) is 18.2 Å². The standard InChI is InChI=1S/C22H17F3N4OS2/c23-22(24,25)18-10-16(13-6-2-1-3-7-13)27-21(28-18)31-12-19(30)29-20-15(11-26)14-8-4-5-9-17(14)32-20/h1-3,6-7,10H,4-5,8-9,12H2,(H,29,30). The number of halogens is 3. The van der Waals surface area contributed by atoms with E-state index in [2.05, 4.69) is 21.4 Å². The second kappa shape index (κ2) is 9.30. The van der Waals surface area contributed by atoms with Crippen LogP contribution in [-0.4, -0.2) is 21.6 Å². The Bertz CT molecular complexity index is 1190. The molecule has 2 aromatic heterocycles. The molecule has 0 spiro atoms. The third kappa shape index (κ3) is 4.95. The highest BCUT2D eigenvalue weighted by Gasteiger charge is 2.34. The molecule has 0 fully saturated rings. The molecule has 1 N–H and O–H groups in total. The van der Waals surface area contributed by atoms with Crippen LogP contribution in [0.25, 0.3) is 11.3 Å². The fourth-order valence-corrected chi connectivity index (χ4v) is 5.37. The molecule has 1 aromatic carbocycles. The van der Waals surface area contributed by atoms with E-state index in [9.17, 15) is 23.2 Å². The van der Waals surface area contributed by atoms with Crippen LogP contribution in [0.3, 0.4) is 0 Å². The van der Waals surface area contributed by atoms with Crippen molar-refractivity contribution in [1.29, 1.82) is 5.26 Å². The van der Waals surface area contributed by atoms with Crippen LogP contribution in [0, 0.1) is 11.3 Å². The Balaban J connectivity index is 1.52. The number of hydrogen-bond acceptors (Lipinski definition) is 6. The van der Waals surface area contributed by atoms with E-state index in [1.54, 1.807) is 30.3 Å². The summed E-state index contributed by atoms with van der Waals surface area (Å²) in [5.74, 6) is -0.601. The van der Waals surface area contributed by atoms with Crippen LogP contribution in [0.5, 0.6) is 0 Å². The Morgan fingerprint density at radius 2 is 1.94 bits per heavy atom. The minimum Gasteiger partial charge on any atom is -0.316 e. The average molecular weight is 475 g/mol. The van der Waals surface area contributed by atoms with Gasteiger partial charge in [-0.1, -0.05) is 42.1 Å². The highest BCUT2D eigenvalue weighted by Crippen LogP contribution is 2.38. The van der Waals surface area contributed by atoms with Gasteiger partial charge in [0.05, 0.1) is 17.0 Å². The molecule has 0 saturated carbocycles. The molecular weight excluding hydrogens is 457 g/mol. The number of nitriles is 1. The summed E-state index contributed by atoms with van der Waals surface area (Å²) in [5, 5.41) is 12.6. The number of carbonyl (C=O) groups excluding carboxylic acids is 1. The maximum atomic E-state index is 13.3. The number of anilines is 1. The van der Waals surface area contributed by atoms with Crippen molar-refractivity contribution in [3.05, 3.63) is 58.1 Å². The van der Waals surface area contributed by atoms with Crippen molar-refractivity contribution in [2.45, 2.75) is 37.0 Å². The molecule has 2 heterocycles. The monoisotopic (exact) mass is 474 g/mol. The van der Waals surface area contributed by atoms with Crippen molar-refractivity contribution in [1.82, 2.24) is 9.97 Å². The van der Waals surface area contributed by atoms with Gasteiger partial charge in [-0.05, 0) is 37.3 Å². The molecule has 0 radical (unpaired) electrons. The van der Waals surface area contributed by atoms with Crippen LogP contribution in [0.1, 0.15) is 34.5 Å². The number of alkyl halides is 3. The number of thiophene rings is 1. The number of aryl methyl sites for hydroxylation is 1. The summed E-state index contributed by atoms with van der Waals surface area (Å²) in [5.41, 5.74) is 1.08. The van der Waals surface area contributed by atoms with Gasteiger partial charge >= 0.3 is 6.18 Å². The number of fused-ring (bicyclic) bond motifs is 1. The number of amides is 1. The van der Waals surface area contributed by atoms with Crippen LogP contribution < -0.4 is 5.32 Å². The molecule has 0 unspecified atom stereocenters. The lowest BCUT2D eigenvalue weighted by Gasteiger charge is -2.10. The zero-order chi connectivity index (χ0) is 22.7. The maximum Gasteiger partial charge on any atom is 0.433 e. The van der Waals surface area contributed by atoms with Gasteiger partial charge in [0.15, 0.2) is 5.16 Å². The molecule has 4 rings (SSSR count). The molecule has 0 bridgehead atoms. The summed E-state index contributed by atoms with van der Waals surface area (Å²) in [4.78, 5) is 21.4. The van der Waals surface area contributed by atoms with Gasteiger partial charge in [-0.15, -0.1) is 11.3 Å². The summed E-state index contributed by atoms with van der Waals surface area (Å²) < 4.78 is 40.0. The van der Waals surface area contributed by atoms with Crippen molar-refractivity contribution >= 4 is 34.0 Å². The molecule has 164 valence electrons. The lowest BCUT2D eigenvalue weighted by Crippen LogP contribution is -2.15. The molecule has 0 atom stereocenters. The molecular formula is C22H17F3N4OS2. The van der Waals surface area contributed by atoms with Crippen LogP contribution in [-0.2, 0) is 23.8 Å². The predicted molar refractivity (Wildman–Crippen MR) is 117 cm³/mol. The van der Waals surface area contributed by atoms with E-state index in [1.165, 1.54) is 11.3 Å². The number of hydrogen-bond donors (Lipinski definition) is 1. The molecule has 1 aliphatic carbocycles. The molecule has 1 aliphatic rings. The van der Waals surface area contributed by atoms with Crippen LogP contribution >= 0.6 is 23.1 Å². The van der Waals surface area contributed by atoms with Crippen molar-refractivity contribution in [3.63, 3.8) is 0 Å². The van der Waals surface area contributed by atoms with Gasteiger partial charge in [0.25, 0.3) is 0 Å². The second-order valence-electron chi connectivity index (χ2n) is 7.15. The topological polar surface area (TPSA) is 78.7 Å². The first-order valence-electron chi connectivity index (χ1n) is 9.84. The first-order chi connectivity index (χ1) is 15.3. The third-order valence-electron chi connectivity index (χ3n) is 4.93. The zero-order valence-electron chi connectivity index (χ0n) is 16.7. The number of nitrogens with one attached hydrogen (secondary N) is 1. The van der Waals surface area contributed by atoms with Crippen molar-refractivity contribution in [2.75, 3.05) is 11.1 Å². The quantitative estimate of drug-likeness (QED) is 0.379. The average Bonchev–Trinajstić information content (AvgIpc) is 3.14. The summed E-state index contributed by atoms with van der Waals surface area (Å²) >= 11 is 2.22. The van der Waals surface area contributed by atoms with E-state index < -0.39 is 17.8 Å². The Hall–Kier alpha value is -2.90. The molecule has 10 heteroatoms. The van der Waals surface area contributed by atoms with E-state index in [4.69, 9.17) is 0 Å². The number of aromatic nitrogens is 2. The molecule has 0 aliphatic heterocycles. The lowest BCUT2D eigenvalue weighted by molar-refractivity contribution is -0.141. The normalized spacial score (nSPS) is 13.3. The number of nitrogens with zero attached hydrogens (tertiary/aromatic N) is 3. The smallest absolute Gasteiger partial charge is 0.316 e. The van der Waals surface area contributed by atoms with Gasteiger partial charge in [0.1, 0.15) is 16.8 Å². The Labute approximate surface area is 190 Å². The van der Waals surface area contributed by atoms with Gasteiger partial charge < -0.3 is 5.32 Å². The zero-order valence-corrected chi connectivity index (χ0v) is 18.3. The first-order valence-corrected chi connectivity index (χ1v) is 11.6. The fourth-order valence-electron chi connectivity index (χ4n) is 3.46. The van der Waals surface area contributed by atoms with Crippen molar-refractivity contribution in [2.24, 2.45) is 0 Å². The number of carbonyl (C=O) groups is 1. The number of benzene rings is 1. The van der Waals surface area contributed by atoms with Crippen LogP contribution in [0.15, 0.2) is 41.6 Å². The van der Waals surface area contributed by atoms with E-state index in [1.807, 2.05) is 0 Å². The summed E-state index contributed by atoms with van der Waals surface area (Å²) in [6.45, 7) is 0. The summed E-state index contributed by atoms with van der Waals surface area (Å²) in [7, 11) is 0. The van der Waals surface area contributed by atoms with Gasteiger partial charge in [0.2, 0.25) is 5.91 Å². The lowest BCUT2D eigenvalue weighted by atomic mass is 9.96. The number of thioether (sulfide) groups is 1. The predicted octanol–water partition coefficient (Wildman–Crippen LogP) is 5.71. The molecule has 5 nitrogen and oxygen atoms in total. The molecule has 32 heavy (non-hydrogen) atoms. The molecule has 3 aromatic rings. The Morgan fingerprint density at radius 3 is 2.66 bits per heavy atom. The fraction of sp³-hybridized carbons (Fsp3) is 0.273. The second-order valence-corrected chi connectivity index (χ2v) is 9.20. The van der Waals surface area contributed by atoms with Gasteiger partial charge in [-0.3, -0.25) is 4.79 Å². The van der Waals surface area contributed by atoms with Gasteiger partial charge in [0, 0.05) is 10.4 Å². The Morgan fingerprint density at radius 1 is 1.19 bits per heavy atom. The minimum absolute atomic E-state index is 0.133. The molecule has 1 amide bonds. The minimum atomic E-state index is -4.64. The van der Waals surface area contributed by atoms with E-state index in [0.29, 0.717) is 16.1 Å². The SMILES string of the molecule is N#Cc1c(NC(=O)CSc2nc(-c3ccccc3)cc(C(F)(F)F)n2)sc2c1CCCC2. The van der Waals surface area contributed by atoms with Gasteiger partial charge in [-0.25, -0.2) is 9.97 Å². The molecule has 0 saturated heterocycles. The third-order valence-corrected chi connectivity index (χ3v) is 6.99. The van der Waals surface area contributed by atoms with Crippen molar-refractivity contribution in [3.8, 4) is 17.3 Å². The van der Waals surface area contributed by atoms with Crippen molar-refractivity contribution < 1.29 is 18.0 Å².